The Labute approximate surface area is 145 Å². The second-order valence-corrected chi connectivity index (χ2v) is 7.92. The van der Waals surface area contributed by atoms with Crippen molar-refractivity contribution in [3.05, 3.63) is 30.3 Å². The minimum atomic E-state index is 0.263. The van der Waals surface area contributed by atoms with E-state index in [-0.39, 0.29) is 5.91 Å². The lowest BCUT2D eigenvalue weighted by molar-refractivity contribution is -0.122. The minimum absolute atomic E-state index is 0.263. The highest BCUT2D eigenvalue weighted by Crippen LogP contribution is 2.32. The Kier molecular flexibility index (Phi) is 4.74. The zero-order chi connectivity index (χ0) is 16.4. The summed E-state index contributed by atoms with van der Waals surface area (Å²) in [5, 5.41) is 6.86. The zero-order valence-electron chi connectivity index (χ0n) is 14.4. The molecule has 130 valence electrons. The van der Waals surface area contributed by atoms with Gasteiger partial charge < -0.3 is 15.5 Å². The Bertz CT molecular complexity index is 549. The summed E-state index contributed by atoms with van der Waals surface area (Å²) in [6.45, 7) is 2.99. The van der Waals surface area contributed by atoms with E-state index >= 15 is 0 Å². The van der Waals surface area contributed by atoms with Crippen LogP contribution in [0, 0.1) is 11.8 Å². The van der Waals surface area contributed by atoms with Crippen LogP contribution < -0.4 is 15.5 Å². The van der Waals surface area contributed by atoms with Crippen molar-refractivity contribution in [2.75, 3.05) is 24.5 Å². The van der Waals surface area contributed by atoms with E-state index in [9.17, 15) is 4.79 Å². The molecule has 4 nitrogen and oxygen atoms in total. The fourth-order valence-electron chi connectivity index (χ4n) is 4.81. The van der Waals surface area contributed by atoms with Crippen LogP contribution in [-0.4, -0.2) is 37.6 Å². The first kappa shape index (κ1) is 15.9. The molecule has 0 aromatic heterocycles. The quantitative estimate of drug-likeness (QED) is 0.873. The average molecular weight is 327 g/mol. The van der Waals surface area contributed by atoms with Gasteiger partial charge in [-0.1, -0.05) is 18.2 Å². The SMILES string of the molecule is O=C(CC1CC2CCC(C1)N2)NCC1CCN(c2ccccc2)C1. The van der Waals surface area contributed by atoms with Gasteiger partial charge in [0, 0.05) is 43.8 Å². The van der Waals surface area contributed by atoms with Crippen molar-refractivity contribution >= 4 is 11.6 Å². The molecule has 3 fully saturated rings. The molecular weight excluding hydrogens is 298 g/mol. The molecule has 1 aromatic carbocycles. The number of anilines is 1. The van der Waals surface area contributed by atoms with Crippen LogP contribution in [-0.2, 0) is 4.79 Å². The molecular formula is C20H29N3O. The fourth-order valence-corrected chi connectivity index (χ4v) is 4.81. The molecule has 3 aliphatic heterocycles. The van der Waals surface area contributed by atoms with Gasteiger partial charge >= 0.3 is 0 Å². The van der Waals surface area contributed by atoms with Crippen LogP contribution in [0.3, 0.4) is 0 Å². The van der Waals surface area contributed by atoms with Gasteiger partial charge in [-0.15, -0.1) is 0 Å². The molecule has 4 heteroatoms. The number of carbonyl (C=O) groups excluding carboxylic acids is 1. The van der Waals surface area contributed by atoms with Gasteiger partial charge in [-0.25, -0.2) is 0 Å². The second-order valence-electron chi connectivity index (χ2n) is 7.92. The lowest BCUT2D eigenvalue weighted by Gasteiger charge is -2.28. The second kappa shape index (κ2) is 7.14. The third kappa shape index (κ3) is 3.75. The number of fused-ring (bicyclic) bond motifs is 2. The van der Waals surface area contributed by atoms with Gasteiger partial charge in [0.15, 0.2) is 0 Å². The van der Waals surface area contributed by atoms with Crippen LogP contribution >= 0.6 is 0 Å². The molecule has 2 bridgehead atoms. The molecule has 3 heterocycles. The first-order valence-electron chi connectivity index (χ1n) is 9.59. The standard InChI is InChI=1S/C20H29N3O/c24-20(12-16-10-17-6-7-18(11-16)22-17)21-13-15-8-9-23(14-15)19-4-2-1-3-5-19/h1-5,15-18,22H,6-14H2,(H,21,24). The topological polar surface area (TPSA) is 44.4 Å². The van der Waals surface area contributed by atoms with E-state index in [1.807, 2.05) is 0 Å². The lowest BCUT2D eigenvalue weighted by atomic mass is 9.89. The van der Waals surface area contributed by atoms with Crippen LogP contribution in [0.1, 0.15) is 38.5 Å². The van der Waals surface area contributed by atoms with Crippen molar-refractivity contribution in [1.82, 2.24) is 10.6 Å². The molecule has 0 saturated carbocycles. The number of hydrogen-bond acceptors (Lipinski definition) is 3. The fraction of sp³-hybridized carbons (Fsp3) is 0.650. The van der Waals surface area contributed by atoms with E-state index < -0.39 is 0 Å². The Morgan fingerprint density at radius 3 is 2.58 bits per heavy atom. The number of rotatable bonds is 5. The van der Waals surface area contributed by atoms with Crippen LogP contribution in [0.5, 0.6) is 0 Å². The van der Waals surface area contributed by atoms with Crippen molar-refractivity contribution in [2.24, 2.45) is 11.8 Å². The van der Waals surface area contributed by atoms with Gasteiger partial charge in [-0.2, -0.15) is 0 Å². The molecule has 3 saturated heterocycles. The highest BCUT2D eigenvalue weighted by atomic mass is 16.1. The Morgan fingerprint density at radius 2 is 1.83 bits per heavy atom. The van der Waals surface area contributed by atoms with Gasteiger partial charge in [0.1, 0.15) is 0 Å². The first-order chi connectivity index (χ1) is 11.8. The van der Waals surface area contributed by atoms with Crippen LogP contribution in [0.4, 0.5) is 5.69 Å². The van der Waals surface area contributed by atoms with E-state index in [4.69, 9.17) is 0 Å². The van der Waals surface area contributed by atoms with E-state index in [1.54, 1.807) is 0 Å². The summed E-state index contributed by atoms with van der Waals surface area (Å²) in [5.74, 6) is 1.44. The molecule has 3 atom stereocenters. The Hall–Kier alpha value is -1.55. The molecule has 4 rings (SSSR count). The molecule has 2 N–H and O–H groups in total. The summed E-state index contributed by atoms with van der Waals surface area (Å²) in [6, 6.07) is 11.9. The van der Waals surface area contributed by atoms with Gasteiger partial charge in [0.05, 0.1) is 0 Å². The number of para-hydroxylation sites is 1. The summed E-state index contributed by atoms with van der Waals surface area (Å²) in [6.07, 6.45) is 6.89. The first-order valence-corrected chi connectivity index (χ1v) is 9.59. The molecule has 1 amide bonds. The average Bonchev–Trinajstić information content (AvgIpc) is 3.20. The summed E-state index contributed by atoms with van der Waals surface area (Å²) in [7, 11) is 0. The van der Waals surface area contributed by atoms with Crippen molar-refractivity contribution < 1.29 is 4.79 Å². The number of carbonyl (C=O) groups is 1. The number of benzene rings is 1. The van der Waals surface area contributed by atoms with Crippen molar-refractivity contribution in [3.8, 4) is 0 Å². The summed E-state index contributed by atoms with van der Waals surface area (Å²) >= 11 is 0. The van der Waals surface area contributed by atoms with Crippen molar-refractivity contribution in [3.63, 3.8) is 0 Å². The molecule has 3 aliphatic rings. The van der Waals surface area contributed by atoms with Gasteiger partial charge in [-0.3, -0.25) is 4.79 Å². The van der Waals surface area contributed by atoms with Crippen LogP contribution in [0.25, 0.3) is 0 Å². The highest BCUT2D eigenvalue weighted by molar-refractivity contribution is 5.76. The molecule has 0 spiro atoms. The number of nitrogens with zero attached hydrogens (tertiary/aromatic N) is 1. The third-order valence-corrected chi connectivity index (χ3v) is 6.04. The van der Waals surface area contributed by atoms with E-state index in [2.05, 4.69) is 45.9 Å². The van der Waals surface area contributed by atoms with Crippen molar-refractivity contribution in [2.45, 2.75) is 50.6 Å². The van der Waals surface area contributed by atoms with Gasteiger partial charge in [0.25, 0.3) is 0 Å². The predicted octanol–water partition coefficient (Wildman–Crippen LogP) is 2.55. The van der Waals surface area contributed by atoms with E-state index in [0.717, 1.165) is 26.1 Å². The molecule has 0 aliphatic carbocycles. The maximum absolute atomic E-state index is 12.3. The lowest BCUT2D eigenvalue weighted by Crippen LogP contribution is -2.40. The summed E-state index contributed by atoms with van der Waals surface area (Å²) in [5.41, 5.74) is 1.30. The molecule has 0 radical (unpaired) electrons. The molecule has 1 aromatic rings. The monoisotopic (exact) mass is 327 g/mol. The molecule has 3 unspecified atom stereocenters. The van der Waals surface area contributed by atoms with Gasteiger partial charge in [-0.05, 0) is 56.1 Å². The largest absolute Gasteiger partial charge is 0.371 e. The number of nitrogens with one attached hydrogen (secondary N) is 2. The maximum atomic E-state index is 12.3. The number of hydrogen-bond donors (Lipinski definition) is 2. The smallest absolute Gasteiger partial charge is 0.220 e. The van der Waals surface area contributed by atoms with Crippen molar-refractivity contribution in [1.29, 1.82) is 0 Å². The summed E-state index contributed by atoms with van der Waals surface area (Å²) in [4.78, 5) is 14.7. The highest BCUT2D eigenvalue weighted by Gasteiger charge is 2.34. The Morgan fingerprint density at radius 1 is 1.08 bits per heavy atom. The van der Waals surface area contributed by atoms with Crippen LogP contribution in [0.2, 0.25) is 0 Å². The predicted molar refractivity (Wildman–Crippen MR) is 97.1 cm³/mol. The Balaban J connectivity index is 1.19. The van der Waals surface area contributed by atoms with Crippen LogP contribution in [0.15, 0.2) is 30.3 Å². The van der Waals surface area contributed by atoms with E-state index in [0.29, 0.717) is 23.9 Å². The normalized spacial score (nSPS) is 32.1. The zero-order valence-corrected chi connectivity index (χ0v) is 14.4. The maximum Gasteiger partial charge on any atom is 0.220 e. The third-order valence-electron chi connectivity index (χ3n) is 6.04. The minimum Gasteiger partial charge on any atom is -0.371 e. The molecule has 24 heavy (non-hydrogen) atoms. The number of amides is 1. The van der Waals surface area contributed by atoms with Gasteiger partial charge in [0.2, 0.25) is 5.91 Å². The van der Waals surface area contributed by atoms with E-state index in [1.165, 1.54) is 37.8 Å². The number of piperidine rings is 1. The summed E-state index contributed by atoms with van der Waals surface area (Å²) < 4.78 is 0.